The van der Waals surface area contributed by atoms with Gasteiger partial charge in [0.25, 0.3) is 0 Å². The number of rotatable bonds is 0. The molecule has 0 amide bonds. The summed E-state index contributed by atoms with van der Waals surface area (Å²) in [4.78, 5) is 0. The van der Waals surface area contributed by atoms with Crippen LogP contribution in [0, 0.1) is 26.8 Å². The Kier molecular flexibility index (Phi) is 7.15. The molecule has 0 aliphatic heterocycles. The van der Waals surface area contributed by atoms with Crippen molar-refractivity contribution in [2.45, 2.75) is 20.8 Å². The maximum absolute atomic E-state index is 3.21. The molecule has 0 unspecified atom stereocenters. The Balaban J connectivity index is 0. The van der Waals surface area contributed by atoms with Crippen LogP contribution in [0.15, 0.2) is 12.1 Å². The molecule has 0 heterocycles. The van der Waals surface area contributed by atoms with Gasteiger partial charge in [-0.3, -0.25) is 0 Å². The van der Waals surface area contributed by atoms with E-state index in [2.05, 4.69) is 39.0 Å². The molecule has 0 aliphatic carbocycles. The van der Waals surface area contributed by atoms with Crippen LogP contribution < -0.4 is 12.4 Å². The second-order valence-electron chi connectivity index (χ2n) is 2.52. The quantitative estimate of drug-likeness (QED) is 0.513. The van der Waals surface area contributed by atoms with E-state index < -0.39 is 0 Å². The fraction of sp³-hybridized carbons (Fsp3) is 0.333. The summed E-state index contributed by atoms with van der Waals surface area (Å²) in [6, 6.07) is 7.47. The van der Waals surface area contributed by atoms with E-state index in [0.717, 1.165) is 0 Å². The van der Waals surface area contributed by atoms with Crippen molar-refractivity contribution in [3.8, 4) is 0 Å². The molecule has 1 rings (SSSR count). The largest absolute Gasteiger partial charge is 1.00 e. The van der Waals surface area contributed by atoms with Crippen LogP contribution in [0.4, 0.5) is 0 Å². The normalized spacial score (nSPS) is 7.91. The molecular weight excluding hydrogens is 209 g/mol. The fourth-order valence-corrected chi connectivity index (χ4v) is 1.11. The summed E-state index contributed by atoms with van der Waals surface area (Å²) < 4.78 is 0. The van der Waals surface area contributed by atoms with Gasteiger partial charge in [-0.2, -0.15) is 0 Å². The molecule has 0 spiro atoms. The molecule has 57 valence electrons. The monoisotopic (exact) mass is 218 g/mol. The summed E-state index contributed by atoms with van der Waals surface area (Å²) in [5.41, 5.74) is 3.78. The average Bonchev–Trinajstić information content (AvgIpc) is 1.59. The van der Waals surface area contributed by atoms with Crippen molar-refractivity contribution in [1.29, 1.82) is 0 Å². The van der Waals surface area contributed by atoms with Crippen LogP contribution in [-0.2, 0) is 19.5 Å². The van der Waals surface area contributed by atoms with Crippen molar-refractivity contribution < 1.29 is 31.9 Å². The van der Waals surface area contributed by atoms with E-state index in [-0.39, 0.29) is 31.9 Å². The summed E-state index contributed by atoms with van der Waals surface area (Å²) in [5, 5.41) is 0. The molecule has 0 aliphatic rings. The first-order chi connectivity index (χ1) is 4.18. The Morgan fingerprint density at radius 2 is 1.36 bits per heavy atom. The van der Waals surface area contributed by atoms with Crippen LogP contribution in [0.1, 0.15) is 16.7 Å². The molecule has 1 radical (unpaired) electrons. The van der Waals surface area contributed by atoms with Gasteiger partial charge in [-0.25, -0.2) is 0 Å². The van der Waals surface area contributed by atoms with E-state index in [0.29, 0.717) is 0 Å². The Morgan fingerprint density at radius 3 is 1.64 bits per heavy atom. The van der Waals surface area contributed by atoms with Gasteiger partial charge in [0.2, 0.25) is 0 Å². The van der Waals surface area contributed by atoms with Gasteiger partial charge < -0.3 is 12.4 Å². The molecule has 1 aromatic carbocycles. The summed E-state index contributed by atoms with van der Waals surface area (Å²) in [5.74, 6) is 0. The number of halogens is 1. The third-order valence-electron chi connectivity index (χ3n) is 1.28. The van der Waals surface area contributed by atoms with E-state index in [9.17, 15) is 0 Å². The molecule has 0 N–H and O–H groups in total. The van der Waals surface area contributed by atoms with Crippen molar-refractivity contribution in [3.63, 3.8) is 0 Å². The third-order valence-corrected chi connectivity index (χ3v) is 1.28. The standard InChI is InChI=1S/C9H11.ClH.Zn/c1-7-4-8(2)6-9(3)5-7;;/h4-5H,1-3H3;1H;/p-1. The predicted octanol–water partition coefficient (Wildman–Crippen LogP) is -0.586. The maximum Gasteiger partial charge on any atom is 0 e. The van der Waals surface area contributed by atoms with Crippen LogP contribution in [-0.4, -0.2) is 0 Å². The molecule has 0 saturated heterocycles. The van der Waals surface area contributed by atoms with Crippen molar-refractivity contribution in [1.82, 2.24) is 0 Å². The molecular formula is C9H11ClZn-. The van der Waals surface area contributed by atoms with Crippen LogP contribution in [0.3, 0.4) is 0 Å². The topological polar surface area (TPSA) is 0 Å². The Morgan fingerprint density at radius 1 is 1.00 bits per heavy atom. The minimum absolute atomic E-state index is 0. The van der Waals surface area contributed by atoms with E-state index in [1.54, 1.807) is 0 Å². The van der Waals surface area contributed by atoms with Crippen molar-refractivity contribution in [2.24, 2.45) is 0 Å². The second kappa shape index (κ2) is 5.74. The van der Waals surface area contributed by atoms with Gasteiger partial charge in [-0.05, 0) is 38.0 Å². The second-order valence-corrected chi connectivity index (χ2v) is 2.52. The minimum Gasteiger partial charge on any atom is -1.00 e. The van der Waals surface area contributed by atoms with E-state index in [1.807, 2.05) is 0 Å². The molecule has 11 heavy (non-hydrogen) atoms. The molecule has 0 bridgehead atoms. The molecule has 0 saturated carbocycles. The van der Waals surface area contributed by atoms with Crippen molar-refractivity contribution >= 4 is 0 Å². The van der Waals surface area contributed by atoms with Gasteiger partial charge in [0, 0.05) is 19.5 Å². The Hall–Kier alpha value is 0.133. The summed E-state index contributed by atoms with van der Waals surface area (Å²) in [6.07, 6.45) is 0. The van der Waals surface area contributed by atoms with Crippen molar-refractivity contribution in [2.75, 3.05) is 0 Å². The van der Waals surface area contributed by atoms with Gasteiger partial charge in [-0.15, -0.1) is 0 Å². The molecule has 2 heteroatoms. The first-order valence-corrected chi connectivity index (χ1v) is 3.15. The molecule has 1 aromatic rings. The van der Waals surface area contributed by atoms with Crippen molar-refractivity contribution in [3.05, 3.63) is 34.9 Å². The Bertz CT molecular complexity index is 170. The molecule has 0 aromatic heterocycles. The molecule has 0 nitrogen and oxygen atoms in total. The Labute approximate surface area is 87.6 Å². The van der Waals surface area contributed by atoms with Gasteiger partial charge >= 0.3 is 0 Å². The minimum atomic E-state index is 0. The number of benzene rings is 1. The summed E-state index contributed by atoms with van der Waals surface area (Å²) in [6.45, 7) is 6.24. The van der Waals surface area contributed by atoms with E-state index in [4.69, 9.17) is 0 Å². The first kappa shape index (κ1) is 13.7. The number of aryl methyl sites for hydroxylation is 3. The number of hydrogen-bond acceptors (Lipinski definition) is 0. The van der Waals surface area contributed by atoms with E-state index >= 15 is 0 Å². The van der Waals surface area contributed by atoms with Crippen LogP contribution >= 0.6 is 0 Å². The maximum atomic E-state index is 3.21. The van der Waals surface area contributed by atoms with Gasteiger partial charge in [0.15, 0.2) is 0 Å². The molecule has 0 atom stereocenters. The molecule has 0 fully saturated rings. The zero-order valence-electron chi connectivity index (χ0n) is 7.24. The summed E-state index contributed by atoms with van der Waals surface area (Å²) >= 11 is 0. The SMILES string of the molecule is Cc1[c]c(C)cc(C)c1.[Cl-].[Zn]. The van der Waals surface area contributed by atoms with Gasteiger partial charge in [-0.1, -0.05) is 17.7 Å². The third kappa shape index (κ3) is 4.55. The van der Waals surface area contributed by atoms with Crippen LogP contribution in [0.5, 0.6) is 0 Å². The zero-order valence-corrected chi connectivity index (χ0v) is 11.0. The van der Waals surface area contributed by atoms with Crippen LogP contribution in [0.2, 0.25) is 0 Å². The number of hydrogen-bond donors (Lipinski definition) is 0. The van der Waals surface area contributed by atoms with E-state index in [1.165, 1.54) is 16.7 Å². The zero-order chi connectivity index (χ0) is 6.85. The van der Waals surface area contributed by atoms with Gasteiger partial charge in [0.1, 0.15) is 0 Å². The predicted molar refractivity (Wildman–Crippen MR) is 39.5 cm³/mol. The van der Waals surface area contributed by atoms with Gasteiger partial charge in [0.05, 0.1) is 0 Å². The smallest absolute Gasteiger partial charge is 0 e. The summed E-state index contributed by atoms with van der Waals surface area (Å²) in [7, 11) is 0. The average molecular weight is 220 g/mol. The fourth-order valence-electron chi connectivity index (χ4n) is 1.11. The van der Waals surface area contributed by atoms with Crippen LogP contribution in [0.25, 0.3) is 0 Å². The first-order valence-electron chi connectivity index (χ1n) is 3.15.